The largest absolute Gasteiger partial charge is 0.453 e. The molecule has 2 aromatic carbocycles. The van der Waals surface area contributed by atoms with Crippen LogP contribution in [0.5, 0.6) is 0 Å². The van der Waals surface area contributed by atoms with Crippen LogP contribution in [-0.4, -0.2) is 79.5 Å². The van der Waals surface area contributed by atoms with Gasteiger partial charge in [-0.1, -0.05) is 35.9 Å². The first-order chi connectivity index (χ1) is 18.0. The van der Waals surface area contributed by atoms with Crippen molar-refractivity contribution >= 4 is 35.2 Å². The van der Waals surface area contributed by atoms with E-state index in [1.807, 2.05) is 4.90 Å². The average Bonchev–Trinajstić information content (AvgIpc) is 2.85. The van der Waals surface area contributed by atoms with Crippen LogP contribution in [0.25, 0.3) is 0 Å². The maximum absolute atomic E-state index is 14.4. The van der Waals surface area contributed by atoms with Gasteiger partial charge in [0.15, 0.2) is 0 Å². The fourth-order valence-electron chi connectivity index (χ4n) is 4.79. The van der Waals surface area contributed by atoms with Gasteiger partial charge in [0, 0.05) is 54.8 Å². The van der Waals surface area contributed by atoms with E-state index in [9.17, 15) is 27.6 Å². The fourth-order valence-corrected chi connectivity index (χ4v) is 5.03. The van der Waals surface area contributed by atoms with Gasteiger partial charge >= 0.3 is 6.09 Å². The summed E-state index contributed by atoms with van der Waals surface area (Å²) in [6.45, 7) is 0.769. The molecule has 2 atom stereocenters. The highest BCUT2D eigenvalue weighted by Crippen LogP contribution is 2.39. The van der Waals surface area contributed by atoms with Crippen LogP contribution in [0.2, 0.25) is 5.02 Å². The quantitative estimate of drug-likeness (QED) is 0.589. The minimum Gasteiger partial charge on any atom is -0.453 e. The number of alkyl halides is 2. The van der Waals surface area contributed by atoms with E-state index < -0.39 is 60.6 Å². The predicted molar refractivity (Wildman–Crippen MR) is 135 cm³/mol. The highest BCUT2D eigenvalue weighted by atomic mass is 35.5. The van der Waals surface area contributed by atoms with E-state index >= 15 is 0 Å². The molecule has 3 amide bonds. The van der Waals surface area contributed by atoms with E-state index in [4.69, 9.17) is 16.3 Å². The normalized spacial score (nSPS) is 20.3. The first-order valence-electron chi connectivity index (χ1n) is 12.0. The van der Waals surface area contributed by atoms with Crippen molar-refractivity contribution in [1.29, 1.82) is 0 Å². The Morgan fingerprint density at radius 1 is 1.13 bits per heavy atom. The van der Waals surface area contributed by atoms with Crippen LogP contribution in [0.4, 0.5) is 23.7 Å². The van der Waals surface area contributed by atoms with Crippen LogP contribution in [-0.2, 0) is 14.3 Å². The summed E-state index contributed by atoms with van der Waals surface area (Å²) in [5, 5.41) is 2.74. The van der Waals surface area contributed by atoms with Crippen LogP contribution in [0.15, 0.2) is 48.5 Å². The van der Waals surface area contributed by atoms with Gasteiger partial charge in [0.2, 0.25) is 5.91 Å². The molecule has 0 spiro atoms. The lowest BCUT2D eigenvalue weighted by molar-refractivity contribution is -0.134. The number of hydrogen-bond donors (Lipinski definition) is 1. The second-order valence-corrected chi connectivity index (χ2v) is 9.93. The molecule has 4 rings (SSSR count). The minimum atomic E-state index is -2.89. The van der Waals surface area contributed by atoms with Gasteiger partial charge in [-0.3, -0.25) is 19.4 Å². The molecule has 38 heavy (non-hydrogen) atoms. The van der Waals surface area contributed by atoms with E-state index in [0.717, 1.165) is 11.0 Å². The number of rotatable bonds is 6. The monoisotopic (exact) mass is 552 g/mol. The third-order valence-electron chi connectivity index (χ3n) is 6.74. The van der Waals surface area contributed by atoms with Crippen LogP contribution in [0.1, 0.15) is 24.4 Å². The number of methoxy groups -OCH3 is 1. The number of carbonyl (C=O) groups excluding carboxylic acids is 3. The average molecular weight is 553 g/mol. The van der Waals surface area contributed by atoms with Crippen molar-refractivity contribution in [2.45, 2.75) is 36.9 Å². The second kappa shape index (κ2) is 11.2. The van der Waals surface area contributed by atoms with Crippen LogP contribution < -0.4 is 10.2 Å². The number of halogens is 4. The molecule has 1 saturated carbocycles. The lowest BCUT2D eigenvalue weighted by Crippen LogP contribution is -2.62. The van der Waals surface area contributed by atoms with Crippen LogP contribution in [0.3, 0.4) is 0 Å². The van der Waals surface area contributed by atoms with E-state index in [1.165, 1.54) is 42.3 Å². The topological polar surface area (TPSA) is 82.2 Å². The van der Waals surface area contributed by atoms with Crippen LogP contribution in [0, 0.1) is 5.82 Å². The molecule has 2 aromatic rings. The first kappa shape index (κ1) is 27.7. The number of piperazine rings is 1. The van der Waals surface area contributed by atoms with Crippen molar-refractivity contribution in [2.24, 2.45) is 0 Å². The minimum absolute atomic E-state index is 0.0343. The van der Waals surface area contributed by atoms with Crippen molar-refractivity contribution in [1.82, 2.24) is 15.1 Å². The van der Waals surface area contributed by atoms with E-state index in [0.29, 0.717) is 6.54 Å². The summed E-state index contributed by atoms with van der Waals surface area (Å²) in [6, 6.07) is 8.07. The Hall–Kier alpha value is -3.31. The SMILES string of the molecule is COC(=O)N1CCN(C)C[C@H]1C(=O)N(c1cccc(F)c1)[C@H](C(=O)NC1CC(F)(F)C1)c1ccccc1Cl. The molecule has 1 heterocycles. The van der Waals surface area contributed by atoms with Gasteiger partial charge in [0.25, 0.3) is 11.8 Å². The molecule has 1 aliphatic carbocycles. The molecule has 0 radical (unpaired) electrons. The van der Waals surface area contributed by atoms with Gasteiger partial charge in [-0.25, -0.2) is 18.0 Å². The zero-order valence-corrected chi connectivity index (χ0v) is 21.6. The highest BCUT2D eigenvalue weighted by Gasteiger charge is 2.48. The van der Waals surface area contributed by atoms with Crippen LogP contribution >= 0.6 is 11.6 Å². The summed E-state index contributed by atoms with van der Waals surface area (Å²) in [5.74, 6) is -5.00. The maximum Gasteiger partial charge on any atom is 0.410 e. The summed E-state index contributed by atoms with van der Waals surface area (Å²) in [4.78, 5) is 44.7. The Bertz CT molecular complexity index is 1210. The molecule has 1 aliphatic heterocycles. The number of carbonyl (C=O) groups is 3. The molecule has 204 valence electrons. The molecule has 0 unspecified atom stereocenters. The van der Waals surface area contributed by atoms with E-state index in [2.05, 4.69) is 5.32 Å². The molecule has 0 bridgehead atoms. The van der Waals surface area contributed by atoms with Gasteiger partial charge in [-0.2, -0.15) is 0 Å². The smallest absolute Gasteiger partial charge is 0.410 e. The summed E-state index contributed by atoms with van der Waals surface area (Å²) < 4.78 is 46.3. The summed E-state index contributed by atoms with van der Waals surface area (Å²) >= 11 is 6.47. The summed E-state index contributed by atoms with van der Waals surface area (Å²) in [7, 11) is 2.97. The number of amides is 3. The third kappa shape index (κ3) is 5.88. The second-order valence-electron chi connectivity index (χ2n) is 9.52. The number of nitrogens with one attached hydrogen (secondary N) is 1. The molecule has 1 N–H and O–H groups in total. The molecular weight excluding hydrogens is 525 g/mol. The molecule has 1 saturated heterocycles. The van der Waals surface area contributed by atoms with Gasteiger partial charge < -0.3 is 15.0 Å². The Labute approximate surface area is 223 Å². The van der Waals surface area contributed by atoms with Crippen molar-refractivity contribution in [3.8, 4) is 0 Å². The number of anilines is 1. The molecule has 0 aromatic heterocycles. The number of ether oxygens (including phenoxy) is 1. The standard InChI is InChI=1S/C26H28ClF3N4O4/c1-32-10-11-33(25(37)38-2)21(15-32)24(36)34(18-7-5-6-16(28)12-18)22(19-8-3-4-9-20(19)27)23(35)31-17-13-26(29,30)14-17/h3-9,12,17,21-22H,10-11,13-15H2,1-2H3,(H,31,35)/t21-,22-/m0/s1. The van der Waals surface area contributed by atoms with Crippen molar-refractivity contribution in [3.05, 3.63) is 64.9 Å². The van der Waals surface area contributed by atoms with Gasteiger partial charge in [-0.15, -0.1) is 0 Å². The van der Waals surface area contributed by atoms with E-state index in [-0.39, 0.29) is 29.4 Å². The summed E-state index contributed by atoms with van der Waals surface area (Å²) in [6.07, 6.45) is -1.80. The number of likely N-dealkylation sites (N-methyl/N-ethyl adjacent to an activating group) is 1. The first-order valence-corrected chi connectivity index (χ1v) is 12.4. The Morgan fingerprint density at radius 3 is 2.47 bits per heavy atom. The number of hydrogen-bond acceptors (Lipinski definition) is 5. The highest BCUT2D eigenvalue weighted by molar-refractivity contribution is 6.31. The van der Waals surface area contributed by atoms with Crippen molar-refractivity contribution in [3.63, 3.8) is 0 Å². The molecular formula is C26H28ClF3N4O4. The Morgan fingerprint density at radius 2 is 1.84 bits per heavy atom. The lowest BCUT2D eigenvalue weighted by Gasteiger charge is -2.42. The van der Waals surface area contributed by atoms with Gasteiger partial charge in [0.05, 0.1) is 7.11 Å². The zero-order chi connectivity index (χ0) is 27.6. The number of benzene rings is 2. The Kier molecular flexibility index (Phi) is 8.17. The third-order valence-corrected chi connectivity index (χ3v) is 7.09. The number of nitrogens with zero attached hydrogens (tertiary/aromatic N) is 3. The summed E-state index contributed by atoms with van der Waals surface area (Å²) in [5.41, 5.74) is 0.246. The van der Waals surface area contributed by atoms with Gasteiger partial charge in [-0.05, 0) is 31.3 Å². The molecule has 2 aliphatic rings. The van der Waals surface area contributed by atoms with E-state index in [1.54, 1.807) is 19.2 Å². The van der Waals surface area contributed by atoms with Crippen molar-refractivity contribution in [2.75, 3.05) is 38.7 Å². The molecule has 8 nitrogen and oxygen atoms in total. The Balaban J connectivity index is 1.81. The maximum atomic E-state index is 14.4. The zero-order valence-electron chi connectivity index (χ0n) is 20.9. The molecule has 2 fully saturated rings. The predicted octanol–water partition coefficient (Wildman–Crippen LogP) is 3.85. The van der Waals surface area contributed by atoms with Gasteiger partial charge in [0.1, 0.15) is 17.9 Å². The molecule has 12 heteroatoms. The lowest BCUT2D eigenvalue weighted by atomic mass is 9.87. The van der Waals surface area contributed by atoms with Crippen molar-refractivity contribution < 1.29 is 32.3 Å². The fraction of sp³-hybridized carbons (Fsp3) is 0.423.